The van der Waals surface area contributed by atoms with Gasteiger partial charge in [-0.25, -0.2) is 13.4 Å². The summed E-state index contributed by atoms with van der Waals surface area (Å²) in [5.74, 6) is 0. The van der Waals surface area contributed by atoms with Crippen LogP contribution in [0.25, 0.3) is 0 Å². The van der Waals surface area contributed by atoms with Crippen LogP contribution in [0.4, 0.5) is 5.13 Å². The number of thiazole rings is 1. The third-order valence-corrected chi connectivity index (χ3v) is 5.24. The van der Waals surface area contributed by atoms with Crippen LogP contribution >= 0.6 is 11.3 Å². The van der Waals surface area contributed by atoms with Gasteiger partial charge in [0.2, 0.25) is 0 Å². The van der Waals surface area contributed by atoms with Crippen LogP contribution in [0.1, 0.15) is 31.1 Å². The van der Waals surface area contributed by atoms with Gasteiger partial charge >= 0.3 is 0 Å². The Morgan fingerprint density at radius 2 is 2.14 bits per heavy atom. The molecule has 1 aromatic carbocycles. The van der Waals surface area contributed by atoms with Crippen LogP contribution in [0.3, 0.4) is 0 Å². The number of aryl methyl sites for hydroxylation is 1. The zero-order valence-corrected chi connectivity index (χ0v) is 13.9. The van der Waals surface area contributed by atoms with Crippen LogP contribution in [-0.4, -0.2) is 19.9 Å². The zero-order valence-electron chi connectivity index (χ0n) is 12.3. The van der Waals surface area contributed by atoms with Gasteiger partial charge in [0.1, 0.15) is 0 Å². The Kier molecular flexibility index (Phi) is 4.97. The highest BCUT2D eigenvalue weighted by Crippen LogP contribution is 2.23. The Balaban J connectivity index is 2.18. The summed E-state index contributed by atoms with van der Waals surface area (Å²) in [6, 6.07) is 6.90. The first-order valence-corrected chi connectivity index (χ1v) is 9.07. The minimum Gasteiger partial charge on any atom is -0.309 e. The van der Waals surface area contributed by atoms with E-state index in [1.54, 1.807) is 18.2 Å². The van der Waals surface area contributed by atoms with Crippen molar-refractivity contribution in [2.75, 3.05) is 11.3 Å². The summed E-state index contributed by atoms with van der Waals surface area (Å²) in [4.78, 5) is 4.58. The lowest BCUT2D eigenvalue weighted by atomic mass is 10.2. The van der Waals surface area contributed by atoms with E-state index >= 15 is 0 Å². The summed E-state index contributed by atoms with van der Waals surface area (Å²) in [5, 5.41) is 5.49. The second-order valence-corrected chi connectivity index (χ2v) is 7.32. The van der Waals surface area contributed by atoms with Crippen LogP contribution in [0.5, 0.6) is 0 Å². The molecule has 0 saturated heterocycles. The summed E-state index contributed by atoms with van der Waals surface area (Å²) in [6.07, 6.45) is 0. The predicted molar refractivity (Wildman–Crippen MR) is 86.2 cm³/mol. The molecular weight excluding hydrogens is 306 g/mol. The molecule has 21 heavy (non-hydrogen) atoms. The Morgan fingerprint density at radius 1 is 1.38 bits per heavy atom. The van der Waals surface area contributed by atoms with E-state index in [4.69, 9.17) is 0 Å². The first-order chi connectivity index (χ1) is 9.92. The molecule has 2 rings (SSSR count). The standard InChI is InChI=1S/C14H19N3O2S2/c1-4-15-11(3)13-9-20-14(16-13)17-21(18,19)12-7-5-6-10(2)8-12/h5-9,11,15H,4H2,1-3H3,(H,16,17). The Morgan fingerprint density at radius 3 is 2.81 bits per heavy atom. The first-order valence-electron chi connectivity index (χ1n) is 6.70. The van der Waals surface area contributed by atoms with Crippen LogP contribution in [0, 0.1) is 6.92 Å². The number of nitrogens with zero attached hydrogens (tertiary/aromatic N) is 1. The molecule has 0 aliphatic heterocycles. The maximum absolute atomic E-state index is 12.3. The maximum atomic E-state index is 12.3. The second kappa shape index (κ2) is 6.55. The van der Waals surface area contributed by atoms with Crippen LogP contribution < -0.4 is 10.0 Å². The molecule has 1 atom stereocenters. The van der Waals surface area contributed by atoms with Gasteiger partial charge in [-0.2, -0.15) is 0 Å². The molecule has 1 unspecified atom stereocenters. The van der Waals surface area contributed by atoms with E-state index in [1.165, 1.54) is 11.3 Å². The van der Waals surface area contributed by atoms with Crippen molar-refractivity contribution in [3.8, 4) is 0 Å². The molecule has 2 N–H and O–H groups in total. The van der Waals surface area contributed by atoms with Crippen molar-refractivity contribution in [1.29, 1.82) is 0 Å². The SMILES string of the molecule is CCNC(C)c1csc(NS(=O)(=O)c2cccc(C)c2)n1. The first kappa shape index (κ1) is 15.9. The molecule has 0 saturated carbocycles. The van der Waals surface area contributed by atoms with Crippen LogP contribution in [0.2, 0.25) is 0 Å². The van der Waals surface area contributed by atoms with Crippen molar-refractivity contribution >= 4 is 26.5 Å². The van der Waals surface area contributed by atoms with Crippen molar-refractivity contribution in [2.24, 2.45) is 0 Å². The molecule has 0 amide bonds. The normalized spacial score (nSPS) is 13.1. The number of aromatic nitrogens is 1. The quantitative estimate of drug-likeness (QED) is 0.856. The Bertz CT molecular complexity index is 711. The van der Waals surface area contributed by atoms with Gasteiger partial charge in [0.05, 0.1) is 10.6 Å². The molecule has 0 aliphatic carbocycles. The lowest BCUT2D eigenvalue weighted by Gasteiger charge is -2.08. The molecule has 1 heterocycles. The van der Waals surface area contributed by atoms with Crippen molar-refractivity contribution in [1.82, 2.24) is 10.3 Å². The molecular formula is C14H19N3O2S2. The lowest BCUT2D eigenvalue weighted by molar-refractivity contribution is 0.586. The molecule has 0 fully saturated rings. The van der Waals surface area contributed by atoms with E-state index in [2.05, 4.69) is 15.0 Å². The average Bonchev–Trinajstić information content (AvgIpc) is 2.87. The monoisotopic (exact) mass is 325 g/mol. The number of anilines is 1. The van der Waals surface area contributed by atoms with Gasteiger partial charge in [0, 0.05) is 11.4 Å². The fourth-order valence-corrected chi connectivity index (χ4v) is 4.06. The summed E-state index contributed by atoms with van der Waals surface area (Å²) in [5.41, 5.74) is 1.74. The number of sulfonamides is 1. The van der Waals surface area contributed by atoms with E-state index < -0.39 is 10.0 Å². The summed E-state index contributed by atoms with van der Waals surface area (Å²) in [6.45, 7) is 6.71. The van der Waals surface area contributed by atoms with Gasteiger partial charge < -0.3 is 5.32 Å². The highest BCUT2D eigenvalue weighted by Gasteiger charge is 2.17. The van der Waals surface area contributed by atoms with E-state index in [-0.39, 0.29) is 10.9 Å². The fourth-order valence-electron chi connectivity index (χ4n) is 1.90. The highest BCUT2D eigenvalue weighted by atomic mass is 32.2. The number of hydrogen-bond donors (Lipinski definition) is 2. The molecule has 5 nitrogen and oxygen atoms in total. The summed E-state index contributed by atoms with van der Waals surface area (Å²) in [7, 11) is -3.58. The summed E-state index contributed by atoms with van der Waals surface area (Å²) < 4.78 is 27.1. The minimum absolute atomic E-state index is 0.100. The van der Waals surface area contributed by atoms with Gasteiger partial charge in [0.15, 0.2) is 5.13 Å². The molecule has 0 radical (unpaired) electrons. The number of rotatable bonds is 6. The molecule has 7 heteroatoms. The molecule has 1 aromatic heterocycles. The molecule has 0 bridgehead atoms. The van der Waals surface area contributed by atoms with Crippen LogP contribution in [0.15, 0.2) is 34.5 Å². The Hall–Kier alpha value is -1.44. The van der Waals surface area contributed by atoms with Gasteiger partial charge in [-0.15, -0.1) is 11.3 Å². The summed E-state index contributed by atoms with van der Waals surface area (Å²) >= 11 is 1.29. The number of hydrogen-bond acceptors (Lipinski definition) is 5. The zero-order chi connectivity index (χ0) is 15.5. The third kappa shape index (κ3) is 4.03. The molecule has 0 aliphatic rings. The molecule has 114 valence electrons. The smallest absolute Gasteiger partial charge is 0.263 e. The van der Waals surface area contributed by atoms with E-state index in [9.17, 15) is 8.42 Å². The number of benzene rings is 1. The van der Waals surface area contributed by atoms with Crippen molar-refractivity contribution in [2.45, 2.75) is 31.7 Å². The van der Waals surface area contributed by atoms with Crippen molar-refractivity contribution in [3.05, 3.63) is 40.9 Å². The van der Waals surface area contributed by atoms with E-state index in [0.29, 0.717) is 5.13 Å². The van der Waals surface area contributed by atoms with Gasteiger partial charge in [-0.3, -0.25) is 4.72 Å². The van der Waals surface area contributed by atoms with Gasteiger partial charge in [-0.05, 0) is 38.1 Å². The predicted octanol–water partition coefficient (Wildman–Crippen LogP) is 2.92. The molecule has 0 spiro atoms. The largest absolute Gasteiger partial charge is 0.309 e. The third-order valence-electron chi connectivity index (χ3n) is 3.00. The van der Waals surface area contributed by atoms with Gasteiger partial charge in [0.25, 0.3) is 10.0 Å². The average molecular weight is 325 g/mol. The van der Waals surface area contributed by atoms with Gasteiger partial charge in [-0.1, -0.05) is 19.1 Å². The topological polar surface area (TPSA) is 71.1 Å². The molecule has 2 aromatic rings. The Labute approximate surface area is 129 Å². The second-order valence-electron chi connectivity index (χ2n) is 4.78. The number of nitrogens with one attached hydrogen (secondary N) is 2. The van der Waals surface area contributed by atoms with Crippen molar-refractivity contribution in [3.63, 3.8) is 0 Å². The highest BCUT2D eigenvalue weighted by molar-refractivity contribution is 7.93. The van der Waals surface area contributed by atoms with E-state index in [1.807, 2.05) is 32.2 Å². The van der Waals surface area contributed by atoms with Crippen LogP contribution in [-0.2, 0) is 10.0 Å². The minimum atomic E-state index is -3.58. The van der Waals surface area contributed by atoms with Crippen molar-refractivity contribution < 1.29 is 8.42 Å². The maximum Gasteiger partial charge on any atom is 0.263 e. The fraction of sp³-hybridized carbons (Fsp3) is 0.357. The lowest BCUT2D eigenvalue weighted by Crippen LogP contribution is -2.18. The van der Waals surface area contributed by atoms with E-state index in [0.717, 1.165) is 17.8 Å².